The number of aryl methyl sites for hydroxylation is 3. The van der Waals surface area contributed by atoms with Crippen molar-refractivity contribution in [1.29, 1.82) is 0 Å². The van der Waals surface area contributed by atoms with Gasteiger partial charge in [-0.2, -0.15) is 5.10 Å². The Hall–Kier alpha value is -4.00. The zero-order chi connectivity index (χ0) is 27.2. The molecule has 1 aromatic heterocycles. The largest absolute Gasteiger partial charge is 0.370 e. The maximum Gasteiger partial charge on any atom is 0.175 e. The topological polar surface area (TPSA) is 61.2 Å². The molecule has 5 rings (SSSR count). The first kappa shape index (κ1) is 26.6. The second-order valence-corrected chi connectivity index (χ2v) is 11.8. The molecule has 0 radical (unpaired) electrons. The number of rotatable bonds is 10. The fourth-order valence-corrected chi connectivity index (χ4v) is 5.26. The third kappa shape index (κ3) is 6.53. The van der Waals surface area contributed by atoms with Crippen LogP contribution in [0.4, 0.5) is 0 Å². The highest BCUT2D eigenvalue weighted by Gasteiger charge is 2.21. The highest BCUT2D eigenvalue weighted by Crippen LogP contribution is 2.36. The van der Waals surface area contributed by atoms with Gasteiger partial charge in [-0.1, -0.05) is 103 Å². The third-order valence-electron chi connectivity index (χ3n) is 6.76. The Morgan fingerprint density at radius 3 is 1.92 bits per heavy atom. The lowest BCUT2D eigenvalue weighted by Crippen LogP contribution is -2.09. The van der Waals surface area contributed by atoms with Crippen LogP contribution in [-0.2, 0) is 40.8 Å². The van der Waals surface area contributed by atoms with Gasteiger partial charge in [0.2, 0.25) is 0 Å². The number of aromatic nitrogens is 2. The average molecular weight is 537 g/mol. The van der Waals surface area contributed by atoms with Gasteiger partial charge in [0.1, 0.15) is 5.69 Å². The number of benzene rings is 4. The van der Waals surface area contributed by atoms with Gasteiger partial charge in [0.15, 0.2) is 9.84 Å². The summed E-state index contributed by atoms with van der Waals surface area (Å²) in [6.45, 7) is 3.65. The zero-order valence-electron chi connectivity index (χ0n) is 22.2. The predicted octanol–water partition coefficient (Wildman–Crippen LogP) is 6.89. The van der Waals surface area contributed by atoms with Crippen molar-refractivity contribution in [2.45, 2.75) is 38.0 Å². The van der Waals surface area contributed by atoms with Crippen LogP contribution in [0.2, 0.25) is 0 Å². The van der Waals surface area contributed by atoms with E-state index in [1.165, 1.54) is 17.4 Å². The van der Waals surface area contributed by atoms with Gasteiger partial charge in [-0.3, -0.25) is 4.68 Å². The van der Waals surface area contributed by atoms with E-state index in [1.807, 2.05) is 41.1 Å². The van der Waals surface area contributed by atoms with Gasteiger partial charge in [0.05, 0.1) is 23.8 Å². The number of sulfone groups is 1. The van der Waals surface area contributed by atoms with Crippen molar-refractivity contribution < 1.29 is 13.2 Å². The first-order chi connectivity index (χ1) is 18.9. The standard InChI is InChI=1S/C33H32N2O3S/c1-25-13-15-28(16-14-25)32-31(24-38-23-27-11-7-4-8-12-27)35(22-21-26-9-5-3-6-10-26)34-33(32)29-17-19-30(20-18-29)39(2,36)37/h3-20H,21-24H2,1-2H3. The summed E-state index contributed by atoms with van der Waals surface area (Å²) < 4.78 is 32.5. The van der Waals surface area contributed by atoms with Gasteiger partial charge in [-0.25, -0.2) is 8.42 Å². The minimum absolute atomic E-state index is 0.290. The molecule has 0 aliphatic carbocycles. The van der Waals surface area contributed by atoms with Crippen LogP contribution < -0.4 is 0 Å². The average Bonchev–Trinajstić information content (AvgIpc) is 3.31. The first-order valence-electron chi connectivity index (χ1n) is 13.0. The molecule has 5 aromatic rings. The molecular weight excluding hydrogens is 504 g/mol. The molecule has 0 aliphatic rings. The molecule has 0 bridgehead atoms. The van der Waals surface area contributed by atoms with E-state index in [-0.39, 0.29) is 4.90 Å². The second kappa shape index (κ2) is 11.8. The van der Waals surface area contributed by atoms with Gasteiger partial charge in [0, 0.05) is 23.9 Å². The minimum Gasteiger partial charge on any atom is -0.370 e. The normalized spacial score (nSPS) is 11.5. The molecule has 0 N–H and O–H groups in total. The van der Waals surface area contributed by atoms with Gasteiger partial charge in [-0.15, -0.1) is 0 Å². The molecular formula is C33H32N2O3S. The highest BCUT2D eigenvalue weighted by atomic mass is 32.2. The Kier molecular flexibility index (Phi) is 8.05. The maximum absolute atomic E-state index is 12.1. The highest BCUT2D eigenvalue weighted by molar-refractivity contribution is 7.90. The van der Waals surface area contributed by atoms with Gasteiger partial charge >= 0.3 is 0 Å². The van der Waals surface area contributed by atoms with E-state index >= 15 is 0 Å². The molecule has 0 fully saturated rings. The molecule has 0 saturated carbocycles. The summed E-state index contributed by atoms with van der Waals surface area (Å²) in [7, 11) is -3.30. The quantitative estimate of drug-likeness (QED) is 0.195. The van der Waals surface area contributed by atoms with Gasteiger partial charge < -0.3 is 4.74 Å². The molecule has 0 atom stereocenters. The molecule has 0 spiro atoms. The van der Waals surface area contributed by atoms with Crippen molar-refractivity contribution >= 4 is 9.84 Å². The van der Waals surface area contributed by atoms with E-state index < -0.39 is 9.84 Å². The van der Waals surface area contributed by atoms with E-state index in [0.29, 0.717) is 19.8 Å². The predicted molar refractivity (Wildman–Crippen MR) is 156 cm³/mol. The SMILES string of the molecule is Cc1ccc(-c2c(-c3ccc(S(C)(=O)=O)cc3)nn(CCc3ccccc3)c2COCc2ccccc2)cc1. The van der Waals surface area contributed by atoms with Gasteiger partial charge in [-0.05, 0) is 42.2 Å². The zero-order valence-corrected chi connectivity index (χ0v) is 23.1. The molecule has 0 unspecified atom stereocenters. The third-order valence-corrected chi connectivity index (χ3v) is 7.89. The van der Waals surface area contributed by atoms with Crippen LogP contribution in [0.15, 0.2) is 114 Å². The summed E-state index contributed by atoms with van der Waals surface area (Å²) in [6.07, 6.45) is 2.05. The van der Waals surface area contributed by atoms with Crippen LogP contribution in [0, 0.1) is 6.92 Å². The van der Waals surface area contributed by atoms with Crippen molar-refractivity contribution in [1.82, 2.24) is 9.78 Å². The lowest BCUT2D eigenvalue weighted by Gasteiger charge is -2.12. The molecule has 6 heteroatoms. The van der Waals surface area contributed by atoms with Crippen molar-refractivity contribution in [3.05, 3.63) is 132 Å². The Labute approximate surface area is 230 Å². The molecule has 198 valence electrons. The number of hydrogen-bond acceptors (Lipinski definition) is 4. The number of hydrogen-bond donors (Lipinski definition) is 0. The van der Waals surface area contributed by atoms with E-state index in [1.54, 1.807) is 12.1 Å². The Bertz CT molecular complexity index is 1630. The lowest BCUT2D eigenvalue weighted by molar-refractivity contribution is 0.101. The van der Waals surface area contributed by atoms with Gasteiger partial charge in [0.25, 0.3) is 0 Å². The van der Waals surface area contributed by atoms with Crippen molar-refractivity contribution in [3.8, 4) is 22.4 Å². The van der Waals surface area contributed by atoms with Crippen molar-refractivity contribution in [3.63, 3.8) is 0 Å². The van der Waals surface area contributed by atoms with Crippen molar-refractivity contribution in [2.75, 3.05) is 6.26 Å². The van der Waals surface area contributed by atoms with Crippen LogP contribution in [0.3, 0.4) is 0 Å². The van der Waals surface area contributed by atoms with Crippen LogP contribution in [0.1, 0.15) is 22.4 Å². The summed E-state index contributed by atoms with van der Waals surface area (Å²) in [4.78, 5) is 0.290. The summed E-state index contributed by atoms with van der Waals surface area (Å²) >= 11 is 0. The molecule has 4 aromatic carbocycles. The fraction of sp³-hybridized carbons (Fsp3) is 0.182. The molecule has 5 nitrogen and oxygen atoms in total. The molecule has 0 amide bonds. The van der Waals surface area contributed by atoms with Crippen LogP contribution in [0.25, 0.3) is 22.4 Å². The maximum atomic E-state index is 12.1. The molecule has 1 heterocycles. The second-order valence-electron chi connectivity index (χ2n) is 9.77. The summed E-state index contributed by atoms with van der Waals surface area (Å²) in [6, 6.07) is 35.9. The summed E-state index contributed by atoms with van der Waals surface area (Å²) in [5.41, 5.74) is 8.24. The number of nitrogens with zero attached hydrogens (tertiary/aromatic N) is 2. The minimum atomic E-state index is -3.30. The Morgan fingerprint density at radius 1 is 0.718 bits per heavy atom. The first-order valence-corrected chi connectivity index (χ1v) is 14.9. The smallest absolute Gasteiger partial charge is 0.175 e. The van der Waals surface area contributed by atoms with E-state index in [9.17, 15) is 8.42 Å². The Balaban J connectivity index is 1.58. The molecule has 39 heavy (non-hydrogen) atoms. The molecule has 0 aliphatic heterocycles. The van der Waals surface area contributed by atoms with Crippen LogP contribution in [-0.4, -0.2) is 24.5 Å². The van der Waals surface area contributed by atoms with Crippen LogP contribution in [0.5, 0.6) is 0 Å². The monoisotopic (exact) mass is 536 g/mol. The van der Waals surface area contributed by atoms with E-state index in [4.69, 9.17) is 9.84 Å². The van der Waals surface area contributed by atoms with Crippen molar-refractivity contribution in [2.24, 2.45) is 0 Å². The van der Waals surface area contributed by atoms with E-state index in [0.717, 1.165) is 40.1 Å². The Morgan fingerprint density at radius 2 is 1.31 bits per heavy atom. The van der Waals surface area contributed by atoms with E-state index in [2.05, 4.69) is 67.6 Å². The molecule has 0 saturated heterocycles. The summed E-state index contributed by atoms with van der Waals surface area (Å²) in [5, 5.41) is 5.10. The fourth-order valence-electron chi connectivity index (χ4n) is 4.63. The van der Waals surface area contributed by atoms with Crippen LogP contribution >= 0.6 is 0 Å². The number of ether oxygens (including phenoxy) is 1. The summed E-state index contributed by atoms with van der Waals surface area (Å²) in [5.74, 6) is 0. The lowest BCUT2D eigenvalue weighted by atomic mass is 9.98.